The van der Waals surface area contributed by atoms with Crippen molar-refractivity contribution in [3.63, 3.8) is 0 Å². The molecule has 27 heavy (non-hydrogen) atoms. The molecule has 2 aliphatic heterocycles. The fraction of sp³-hybridized carbons (Fsp3) is 0.400. The summed E-state index contributed by atoms with van der Waals surface area (Å²) in [7, 11) is 1.71. The van der Waals surface area contributed by atoms with Gasteiger partial charge in [0.05, 0.1) is 12.1 Å². The highest BCUT2D eigenvalue weighted by molar-refractivity contribution is 5.96. The number of rotatable bonds is 3. The molecule has 1 N–H and O–H groups in total. The molecular weight excluding hydrogens is 346 g/mol. The zero-order valence-electron chi connectivity index (χ0n) is 15.4. The molecule has 1 saturated heterocycles. The summed E-state index contributed by atoms with van der Waals surface area (Å²) < 4.78 is 7.68. The number of carbonyl (C=O) groups excluding carboxylic acids is 1. The zero-order valence-corrected chi connectivity index (χ0v) is 15.4. The molecular formula is C20H23N3O4. The predicted octanol–water partition coefficient (Wildman–Crippen LogP) is 1.84. The zero-order chi connectivity index (χ0) is 19.1. The van der Waals surface area contributed by atoms with Gasteiger partial charge in [-0.3, -0.25) is 19.3 Å². The summed E-state index contributed by atoms with van der Waals surface area (Å²) in [6, 6.07) is 11.1. The van der Waals surface area contributed by atoms with Gasteiger partial charge < -0.3 is 14.7 Å². The molecule has 1 aromatic carbocycles. The van der Waals surface area contributed by atoms with Gasteiger partial charge in [-0.25, -0.2) is 0 Å². The summed E-state index contributed by atoms with van der Waals surface area (Å²) in [4.78, 5) is 26.4. The Morgan fingerprint density at radius 3 is 2.59 bits per heavy atom. The summed E-state index contributed by atoms with van der Waals surface area (Å²) in [5, 5.41) is 12.4. The fourth-order valence-corrected chi connectivity index (χ4v) is 4.23. The van der Waals surface area contributed by atoms with Gasteiger partial charge in [-0.2, -0.15) is 0 Å². The van der Waals surface area contributed by atoms with Crippen LogP contribution >= 0.6 is 0 Å². The number of hydrogen-bond donors (Lipinski definition) is 1. The van der Waals surface area contributed by atoms with Crippen molar-refractivity contribution >= 4 is 5.91 Å². The van der Waals surface area contributed by atoms with Crippen molar-refractivity contribution in [2.24, 2.45) is 0 Å². The summed E-state index contributed by atoms with van der Waals surface area (Å²) in [6.07, 6.45) is 2.87. The third-order valence-electron chi connectivity index (χ3n) is 5.45. The minimum absolute atomic E-state index is 0.000621. The lowest BCUT2D eigenvalue weighted by Gasteiger charge is -2.53. The number of fused-ring (bicyclic) bond motifs is 3. The minimum Gasteiger partial charge on any atom is -0.502 e. The molecule has 3 atom stereocenters. The Morgan fingerprint density at radius 1 is 1.15 bits per heavy atom. The maximum atomic E-state index is 12.8. The van der Waals surface area contributed by atoms with E-state index in [9.17, 15) is 14.7 Å². The molecule has 7 nitrogen and oxygen atoms in total. The van der Waals surface area contributed by atoms with Gasteiger partial charge in [-0.1, -0.05) is 30.3 Å². The first-order valence-corrected chi connectivity index (χ1v) is 9.21. The van der Waals surface area contributed by atoms with Crippen LogP contribution in [0.1, 0.15) is 41.9 Å². The number of amides is 1. The summed E-state index contributed by atoms with van der Waals surface area (Å²) in [5.74, 6) is -0.869. The molecule has 4 rings (SSSR count). The molecule has 1 aromatic heterocycles. The molecule has 2 aromatic rings. The van der Waals surface area contributed by atoms with Gasteiger partial charge >= 0.3 is 0 Å². The summed E-state index contributed by atoms with van der Waals surface area (Å²) >= 11 is 0. The molecule has 0 radical (unpaired) electrons. The number of nitrogens with zero attached hydrogens (tertiary/aromatic N) is 3. The standard InChI is InChI=1S/C20H23N3O4/c1-3-27-15-9-10-16-21(2)20(26)18-19(25)14(24)11-12-22(18)23(16)17(15)13-7-5-4-6-8-13/h4-8,11-12,15-17,25H,3,9-10H2,1-2H3/t15-,16+,17-/m1/s1. The second kappa shape index (κ2) is 6.74. The average Bonchev–Trinajstić information content (AvgIpc) is 2.69. The van der Waals surface area contributed by atoms with Crippen LogP contribution in [-0.4, -0.2) is 46.5 Å². The molecule has 2 aliphatic rings. The van der Waals surface area contributed by atoms with Crippen LogP contribution in [0.15, 0.2) is 47.4 Å². The van der Waals surface area contributed by atoms with Gasteiger partial charge in [0.15, 0.2) is 11.4 Å². The van der Waals surface area contributed by atoms with Crippen LogP contribution < -0.4 is 10.4 Å². The highest BCUT2D eigenvalue weighted by Crippen LogP contribution is 2.39. The van der Waals surface area contributed by atoms with E-state index in [0.717, 1.165) is 18.4 Å². The Labute approximate surface area is 157 Å². The number of piperidine rings is 1. The molecule has 1 amide bonds. The van der Waals surface area contributed by atoms with E-state index in [1.807, 2.05) is 37.3 Å². The number of aromatic nitrogens is 1. The van der Waals surface area contributed by atoms with E-state index in [2.05, 4.69) is 5.01 Å². The van der Waals surface area contributed by atoms with E-state index in [4.69, 9.17) is 4.74 Å². The molecule has 0 spiro atoms. The van der Waals surface area contributed by atoms with Crippen LogP contribution in [0, 0.1) is 0 Å². The molecule has 0 aliphatic carbocycles. The van der Waals surface area contributed by atoms with Crippen LogP contribution in [0.2, 0.25) is 0 Å². The van der Waals surface area contributed by atoms with E-state index in [-0.39, 0.29) is 29.9 Å². The van der Waals surface area contributed by atoms with Gasteiger partial charge in [-0.05, 0) is 25.3 Å². The van der Waals surface area contributed by atoms with Gasteiger partial charge in [0.25, 0.3) is 5.91 Å². The Kier molecular flexibility index (Phi) is 4.39. The number of carbonyl (C=O) groups is 1. The molecule has 0 saturated carbocycles. The lowest BCUT2D eigenvalue weighted by Crippen LogP contribution is -2.65. The monoisotopic (exact) mass is 369 g/mol. The van der Waals surface area contributed by atoms with Crippen LogP contribution in [0.5, 0.6) is 5.75 Å². The summed E-state index contributed by atoms with van der Waals surface area (Å²) in [5.41, 5.74) is 0.503. The van der Waals surface area contributed by atoms with Crippen molar-refractivity contribution in [1.82, 2.24) is 9.58 Å². The van der Waals surface area contributed by atoms with Crippen molar-refractivity contribution in [1.29, 1.82) is 0 Å². The first kappa shape index (κ1) is 17.6. The average molecular weight is 369 g/mol. The Hall–Kier alpha value is -2.80. The second-order valence-electron chi connectivity index (χ2n) is 6.93. The second-order valence-corrected chi connectivity index (χ2v) is 6.93. The minimum atomic E-state index is -0.559. The number of pyridine rings is 1. The van der Waals surface area contributed by atoms with E-state index in [1.165, 1.54) is 6.07 Å². The normalized spacial score (nSPS) is 24.5. The van der Waals surface area contributed by atoms with E-state index < -0.39 is 11.2 Å². The molecule has 1 fully saturated rings. The van der Waals surface area contributed by atoms with Crippen LogP contribution in [0.25, 0.3) is 0 Å². The van der Waals surface area contributed by atoms with E-state index in [1.54, 1.807) is 22.8 Å². The van der Waals surface area contributed by atoms with Crippen LogP contribution in [0.3, 0.4) is 0 Å². The maximum absolute atomic E-state index is 12.8. The molecule has 7 heteroatoms. The van der Waals surface area contributed by atoms with Crippen LogP contribution in [-0.2, 0) is 4.74 Å². The van der Waals surface area contributed by atoms with Gasteiger partial charge in [0.2, 0.25) is 5.43 Å². The largest absolute Gasteiger partial charge is 0.502 e. The van der Waals surface area contributed by atoms with Crippen molar-refractivity contribution in [2.45, 2.75) is 38.1 Å². The first-order chi connectivity index (χ1) is 13.0. The topological polar surface area (TPSA) is 75.0 Å². The third kappa shape index (κ3) is 2.70. The van der Waals surface area contributed by atoms with Crippen molar-refractivity contribution in [3.05, 3.63) is 64.1 Å². The quantitative estimate of drug-likeness (QED) is 0.894. The number of benzene rings is 1. The SMILES string of the molecule is CCO[C@@H]1CC[C@H]2N(C)C(=O)c3c(O)c(=O)ccn3N2[C@@H]1c1ccccc1. The molecule has 3 heterocycles. The third-order valence-corrected chi connectivity index (χ3v) is 5.45. The predicted molar refractivity (Wildman–Crippen MR) is 100 cm³/mol. The van der Waals surface area contributed by atoms with Gasteiger partial charge in [0, 0.05) is 25.9 Å². The molecule has 142 valence electrons. The Balaban J connectivity index is 1.92. The molecule has 0 bridgehead atoms. The lowest BCUT2D eigenvalue weighted by molar-refractivity contribution is -0.0138. The first-order valence-electron chi connectivity index (χ1n) is 9.21. The number of hydrogen-bond acceptors (Lipinski definition) is 5. The van der Waals surface area contributed by atoms with E-state index >= 15 is 0 Å². The maximum Gasteiger partial charge on any atom is 0.277 e. The lowest BCUT2D eigenvalue weighted by atomic mass is 9.91. The fourth-order valence-electron chi connectivity index (χ4n) is 4.23. The van der Waals surface area contributed by atoms with Gasteiger partial charge in [-0.15, -0.1) is 0 Å². The number of aromatic hydroxyl groups is 1. The van der Waals surface area contributed by atoms with Crippen LogP contribution in [0.4, 0.5) is 0 Å². The molecule has 0 unspecified atom stereocenters. The van der Waals surface area contributed by atoms with Crippen molar-refractivity contribution < 1.29 is 14.6 Å². The number of ether oxygens (including phenoxy) is 1. The van der Waals surface area contributed by atoms with Gasteiger partial charge in [0.1, 0.15) is 6.17 Å². The summed E-state index contributed by atoms with van der Waals surface area (Å²) in [6.45, 7) is 2.56. The Morgan fingerprint density at radius 2 is 1.89 bits per heavy atom. The van der Waals surface area contributed by atoms with Crippen molar-refractivity contribution in [3.8, 4) is 5.75 Å². The smallest absolute Gasteiger partial charge is 0.277 e. The van der Waals surface area contributed by atoms with E-state index in [0.29, 0.717) is 6.61 Å². The highest BCUT2D eigenvalue weighted by atomic mass is 16.5. The Bertz CT molecular complexity index is 911. The van der Waals surface area contributed by atoms with Crippen molar-refractivity contribution in [2.75, 3.05) is 18.7 Å². The highest BCUT2D eigenvalue weighted by Gasteiger charge is 2.46.